The number of anilines is 1. The second-order valence-electron chi connectivity index (χ2n) is 5.30. The van der Waals surface area contributed by atoms with Gasteiger partial charge in [-0.25, -0.2) is 0 Å². The van der Waals surface area contributed by atoms with Crippen LogP contribution in [0.3, 0.4) is 0 Å². The van der Waals surface area contributed by atoms with E-state index in [9.17, 15) is 4.79 Å². The molecular weight excluding hydrogens is 290 g/mol. The van der Waals surface area contributed by atoms with Crippen molar-refractivity contribution in [1.29, 1.82) is 0 Å². The maximum absolute atomic E-state index is 12.7. The summed E-state index contributed by atoms with van der Waals surface area (Å²) in [4.78, 5) is 14.5. The van der Waals surface area contributed by atoms with E-state index in [-0.39, 0.29) is 11.2 Å². The Morgan fingerprint density at radius 1 is 1.09 bits per heavy atom. The van der Waals surface area contributed by atoms with E-state index in [0.717, 1.165) is 11.4 Å². The predicted octanol–water partition coefficient (Wildman–Crippen LogP) is 4.67. The summed E-state index contributed by atoms with van der Waals surface area (Å²) in [5, 5.41) is -0.0558. The molecule has 0 aliphatic rings. The quantitative estimate of drug-likeness (QED) is 0.772. The lowest BCUT2D eigenvalue weighted by Gasteiger charge is -2.24. The van der Waals surface area contributed by atoms with E-state index in [1.165, 1.54) is 11.1 Å². The molecule has 0 radical (unpaired) electrons. The molecule has 0 N–H and O–H groups in total. The lowest BCUT2D eigenvalue weighted by molar-refractivity contribution is -0.117. The number of carbonyl (C=O) groups excluding carboxylic acids is 1. The molecule has 0 fully saturated rings. The van der Waals surface area contributed by atoms with Crippen LogP contribution in [0, 0.1) is 6.92 Å². The SMILES string of the molecule is CCN(C(=O)C(C)SCc1ccccc1C)c1ccccc1. The van der Waals surface area contributed by atoms with Crippen molar-refractivity contribution in [1.82, 2.24) is 0 Å². The summed E-state index contributed by atoms with van der Waals surface area (Å²) in [6.07, 6.45) is 0. The smallest absolute Gasteiger partial charge is 0.239 e. The maximum atomic E-state index is 12.7. The first-order valence-electron chi connectivity index (χ1n) is 7.66. The molecule has 0 aliphatic heterocycles. The number of para-hydroxylation sites is 1. The summed E-state index contributed by atoms with van der Waals surface area (Å²) < 4.78 is 0. The summed E-state index contributed by atoms with van der Waals surface area (Å²) in [6.45, 7) is 6.82. The van der Waals surface area contributed by atoms with Gasteiger partial charge < -0.3 is 4.90 Å². The van der Waals surface area contributed by atoms with Gasteiger partial charge in [-0.2, -0.15) is 0 Å². The van der Waals surface area contributed by atoms with Crippen LogP contribution in [0.1, 0.15) is 25.0 Å². The first kappa shape index (κ1) is 16.6. The third-order valence-corrected chi connectivity index (χ3v) is 4.93. The van der Waals surface area contributed by atoms with Gasteiger partial charge in [-0.1, -0.05) is 42.5 Å². The van der Waals surface area contributed by atoms with Crippen molar-refractivity contribution in [3.8, 4) is 0 Å². The minimum absolute atomic E-state index is 0.0558. The molecular formula is C19H23NOS. The van der Waals surface area contributed by atoms with Crippen LogP contribution in [-0.4, -0.2) is 17.7 Å². The molecule has 2 aromatic carbocycles. The molecule has 0 bridgehead atoms. The summed E-state index contributed by atoms with van der Waals surface area (Å²) in [5.41, 5.74) is 3.55. The zero-order valence-corrected chi connectivity index (χ0v) is 14.3. The third kappa shape index (κ3) is 4.14. The number of nitrogens with zero attached hydrogens (tertiary/aromatic N) is 1. The van der Waals surface area contributed by atoms with Gasteiger partial charge in [0.05, 0.1) is 5.25 Å². The van der Waals surface area contributed by atoms with Gasteiger partial charge in [-0.3, -0.25) is 4.79 Å². The van der Waals surface area contributed by atoms with E-state index >= 15 is 0 Å². The van der Waals surface area contributed by atoms with Gasteiger partial charge in [-0.05, 0) is 44.0 Å². The number of thioether (sulfide) groups is 1. The topological polar surface area (TPSA) is 20.3 Å². The van der Waals surface area contributed by atoms with Gasteiger partial charge in [-0.15, -0.1) is 11.8 Å². The van der Waals surface area contributed by atoms with Crippen molar-refractivity contribution in [2.45, 2.75) is 31.8 Å². The van der Waals surface area contributed by atoms with Crippen LogP contribution in [0.15, 0.2) is 54.6 Å². The second-order valence-corrected chi connectivity index (χ2v) is 6.63. The minimum Gasteiger partial charge on any atom is -0.312 e. The van der Waals surface area contributed by atoms with Crippen molar-refractivity contribution < 1.29 is 4.79 Å². The van der Waals surface area contributed by atoms with E-state index in [2.05, 4.69) is 25.1 Å². The Bertz CT molecular complexity index is 612. The summed E-state index contributed by atoms with van der Waals surface area (Å²) in [7, 11) is 0. The fourth-order valence-electron chi connectivity index (χ4n) is 2.35. The Kier molecular flexibility index (Phi) is 6.08. The molecule has 1 amide bonds. The zero-order chi connectivity index (χ0) is 15.9. The van der Waals surface area contributed by atoms with Crippen molar-refractivity contribution >= 4 is 23.4 Å². The molecule has 2 aromatic rings. The fraction of sp³-hybridized carbons (Fsp3) is 0.316. The average molecular weight is 313 g/mol. The van der Waals surface area contributed by atoms with Gasteiger partial charge in [0.2, 0.25) is 5.91 Å². The van der Waals surface area contributed by atoms with Crippen molar-refractivity contribution in [2.75, 3.05) is 11.4 Å². The van der Waals surface area contributed by atoms with Crippen LogP contribution >= 0.6 is 11.8 Å². The Morgan fingerprint density at radius 3 is 2.36 bits per heavy atom. The number of hydrogen-bond acceptors (Lipinski definition) is 2. The van der Waals surface area contributed by atoms with Crippen LogP contribution in [0.25, 0.3) is 0 Å². The fourth-order valence-corrected chi connectivity index (χ4v) is 3.37. The summed E-state index contributed by atoms with van der Waals surface area (Å²) in [6, 6.07) is 18.2. The highest BCUT2D eigenvalue weighted by Gasteiger charge is 2.21. The van der Waals surface area contributed by atoms with Crippen LogP contribution in [0.5, 0.6) is 0 Å². The van der Waals surface area contributed by atoms with Crippen molar-refractivity contribution in [3.63, 3.8) is 0 Å². The highest BCUT2D eigenvalue weighted by molar-refractivity contribution is 7.99. The highest BCUT2D eigenvalue weighted by Crippen LogP contribution is 2.23. The molecule has 2 rings (SSSR count). The van der Waals surface area contributed by atoms with E-state index in [0.29, 0.717) is 6.54 Å². The van der Waals surface area contributed by atoms with Crippen LogP contribution in [-0.2, 0) is 10.5 Å². The minimum atomic E-state index is -0.0558. The van der Waals surface area contributed by atoms with E-state index in [1.54, 1.807) is 11.8 Å². The Labute approximate surface area is 137 Å². The maximum Gasteiger partial charge on any atom is 0.239 e. The molecule has 22 heavy (non-hydrogen) atoms. The molecule has 0 aromatic heterocycles. The number of rotatable bonds is 6. The first-order valence-corrected chi connectivity index (χ1v) is 8.71. The molecule has 0 heterocycles. The molecule has 3 heteroatoms. The predicted molar refractivity (Wildman–Crippen MR) is 96.4 cm³/mol. The Morgan fingerprint density at radius 2 is 1.73 bits per heavy atom. The molecule has 0 aliphatic carbocycles. The van der Waals surface area contributed by atoms with Gasteiger partial charge in [0.1, 0.15) is 0 Å². The number of hydrogen-bond donors (Lipinski definition) is 0. The number of benzene rings is 2. The highest BCUT2D eigenvalue weighted by atomic mass is 32.2. The van der Waals surface area contributed by atoms with Crippen LogP contribution in [0.2, 0.25) is 0 Å². The van der Waals surface area contributed by atoms with Crippen LogP contribution < -0.4 is 4.90 Å². The number of amides is 1. The van der Waals surface area contributed by atoms with Crippen molar-refractivity contribution in [3.05, 3.63) is 65.7 Å². The van der Waals surface area contributed by atoms with Gasteiger partial charge in [0.25, 0.3) is 0 Å². The Balaban J connectivity index is 2.01. The molecule has 1 atom stereocenters. The standard InChI is InChI=1S/C19H23NOS/c1-4-20(18-12-6-5-7-13-18)19(21)16(3)22-14-17-11-9-8-10-15(17)2/h5-13,16H,4,14H2,1-3H3. The molecule has 0 saturated heterocycles. The molecule has 1 unspecified atom stereocenters. The lowest BCUT2D eigenvalue weighted by atomic mass is 10.1. The van der Waals surface area contributed by atoms with Gasteiger partial charge >= 0.3 is 0 Å². The summed E-state index contributed by atoms with van der Waals surface area (Å²) >= 11 is 1.70. The lowest BCUT2D eigenvalue weighted by Crippen LogP contribution is -2.36. The summed E-state index contributed by atoms with van der Waals surface area (Å²) in [5.74, 6) is 1.04. The average Bonchev–Trinajstić information content (AvgIpc) is 2.55. The molecule has 0 spiro atoms. The largest absolute Gasteiger partial charge is 0.312 e. The van der Waals surface area contributed by atoms with Crippen molar-refractivity contribution in [2.24, 2.45) is 0 Å². The van der Waals surface area contributed by atoms with Crippen LogP contribution in [0.4, 0.5) is 5.69 Å². The van der Waals surface area contributed by atoms with E-state index in [4.69, 9.17) is 0 Å². The normalized spacial score (nSPS) is 12.0. The monoisotopic (exact) mass is 313 g/mol. The number of carbonyl (C=O) groups is 1. The molecule has 116 valence electrons. The van der Waals surface area contributed by atoms with Gasteiger partial charge in [0, 0.05) is 18.0 Å². The number of aryl methyl sites for hydroxylation is 1. The zero-order valence-electron chi connectivity index (χ0n) is 13.5. The molecule has 2 nitrogen and oxygen atoms in total. The Hall–Kier alpha value is -1.74. The molecule has 0 saturated carbocycles. The third-order valence-electron chi connectivity index (χ3n) is 3.75. The second kappa shape index (κ2) is 8.04. The van der Waals surface area contributed by atoms with E-state index < -0.39 is 0 Å². The van der Waals surface area contributed by atoms with Gasteiger partial charge in [0.15, 0.2) is 0 Å². The first-order chi connectivity index (χ1) is 10.6. The van der Waals surface area contributed by atoms with E-state index in [1.807, 2.05) is 55.1 Å².